The zero-order valence-corrected chi connectivity index (χ0v) is 15.0. The van der Waals surface area contributed by atoms with Gasteiger partial charge in [0.05, 0.1) is 13.0 Å². The number of aryl methyl sites for hydroxylation is 1. The smallest absolute Gasteiger partial charge is 0.223 e. The second-order valence-electron chi connectivity index (χ2n) is 6.15. The van der Waals surface area contributed by atoms with Crippen LogP contribution in [0.5, 0.6) is 5.75 Å². The van der Waals surface area contributed by atoms with E-state index in [0.29, 0.717) is 18.9 Å². The highest BCUT2D eigenvalue weighted by Crippen LogP contribution is 2.20. The standard InChI is InChI=1S/C18H28N2O2.ClH/c1-14-5-3-7-17(15(14)2)22-12-9-18(21)20-11-8-16-6-4-10-19-13-16;/h3,5,7,16,19H,4,6,8-13H2,1-2H3,(H,20,21);1H. The van der Waals surface area contributed by atoms with E-state index in [0.717, 1.165) is 37.4 Å². The monoisotopic (exact) mass is 340 g/mol. The maximum Gasteiger partial charge on any atom is 0.223 e. The minimum Gasteiger partial charge on any atom is -0.493 e. The third-order valence-electron chi connectivity index (χ3n) is 4.42. The number of hydrogen-bond donors (Lipinski definition) is 2. The van der Waals surface area contributed by atoms with E-state index in [1.165, 1.54) is 18.4 Å². The molecule has 4 nitrogen and oxygen atoms in total. The number of rotatable bonds is 7. The molecule has 1 amide bonds. The van der Waals surface area contributed by atoms with Gasteiger partial charge in [0.15, 0.2) is 0 Å². The zero-order chi connectivity index (χ0) is 15.8. The Kier molecular flexibility index (Phi) is 9.03. The van der Waals surface area contributed by atoms with Crippen molar-refractivity contribution in [3.63, 3.8) is 0 Å². The van der Waals surface area contributed by atoms with E-state index in [2.05, 4.69) is 23.6 Å². The van der Waals surface area contributed by atoms with Crippen LogP contribution in [0.3, 0.4) is 0 Å². The first-order valence-electron chi connectivity index (χ1n) is 8.33. The first kappa shape index (κ1) is 19.8. The lowest BCUT2D eigenvalue weighted by molar-refractivity contribution is -0.121. The van der Waals surface area contributed by atoms with Gasteiger partial charge in [0.25, 0.3) is 0 Å². The van der Waals surface area contributed by atoms with Crippen LogP contribution in [-0.4, -0.2) is 32.1 Å². The van der Waals surface area contributed by atoms with Gasteiger partial charge in [-0.1, -0.05) is 12.1 Å². The van der Waals surface area contributed by atoms with Gasteiger partial charge in [-0.25, -0.2) is 0 Å². The maximum absolute atomic E-state index is 11.8. The van der Waals surface area contributed by atoms with Crippen LogP contribution in [0.1, 0.15) is 36.8 Å². The van der Waals surface area contributed by atoms with Crippen LogP contribution in [0, 0.1) is 19.8 Å². The number of halogens is 1. The first-order chi connectivity index (χ1) is 10.7. The van der Waals surface area contributed by atoms with Gasteiger partial charge in [-0.2, -0.15) is 0 Å². The minimum absolute atomic E-state index is 0. The molecule has 1 saturated heterocycles. The van der Waals surface area contributed by atoms with Crippen molar-refractivity contribution in [1.82, 2.24) is 10.6 Å². The fraction of sp³-hybridized carbons (Fsp3) is 0.611. The summed E-state index contributed by atoms with van der Waals surface area (Å²) < 4.78 is 5.71. The normalized spacial score (nSPS) is 17.2. The number of piperidine rings is 1. The summed E-state index contributed by atoms with van der Waals surface area (Å²) in [6, 6.07) is 6.00. The third kappa shape index (κ3) is 6.80. The van der Waals surface area contributed by atoms with Crippen LogP contribution in [-0.2, 0) is 4.79 Å². The molecule has 0 radical (unpaired) electrons. The Morgan fingerprint density at radius 2 is 2.22 bits per heavy atom. The Hall–Kier alpha value is -1.26. The molecule has 130 valence electrons. The highest BCUT2D eigenvalue weighted by Gasteiger charge is 2.12. The van der Waals surface area contributed by atoms with Crippen molar-refractivity contribution in [1.29, 1.82) is 0 Å². The third-order valence-corrected chi connectivity index (χ3v) is 4.42. The van der Waals surface area contributed by atoms with Crippen LogP contribution in [0.25, 0.3) is 0 Å². The second kappa shape index (κ2) is 10.5. The highest BCUT2D eigenvalue weighted by atomic mass is 35.5. The minimum atomic E-state index is 0. The van der Waals surface area contributed by atoms with Crippen LogP contribution < -0.4 is 15.4 Å². The van der Waals surface area contributed by atoms with Crippen molar-refractivity contribution in [3.05, 3.63) is 29.3 Å². The summed E-state index contributed by atoms with van der Waals surface area (Å²) >= 11 is 0. The number of ether oxygens (including phenoxy) is 1. The molecule has 0 saturated carbocycles. The van der Waals surface area contributed by atoms with Crippen molar-refractivity contribution in [2.24, 2.45) is 5.92 Å². The van der Waals surface area contributed by atoms with Crippen LogP contribution in [0.2, 0.25) is 0 Å². The molecule has 0 aliphatic carbocycles. The maximum atomic E-state index is 11.8. The molecule has 1 aliphatic heterocycles. The topological polar surface area (TPSA) is 50.4 Å². The van der Waals surface area contributed by atoms with Gasteiger partial charge in [0.1, 0.15) is 5.75 Å². The average Bonchev–Trinajstić information content (AvgIpc) is 2.52. The Bertz CT molecular complexity index is 488. The molecule has 0 spiro atoms. The van der Waals surface area contributed by atoms with E-state index in [1.54, 1.807) is 0 Å². The fourth-order valence-corrected chi connectivity index (χ4v) is 2.81. The van der Waals surface area contributed by atoms with E-state index in [9.17, 15) is 4.79 Å². The summed E-state index contributed by atoms with van der Waals surface area (Å²) in [6.07, 6.45) is 4.01. The molecule has 1 unspecified atom stereocenters. The Labute approximate surface area is 145 Å². The van der Waals surface area contributed by atoms with E-state index in [1.807, 2.05) is 19.1 Å². The summed E-state index contributed by atoms with van der Waals surface area (Å²) in [6.45, 7) is 7.54. The van der Waals surface area contributed by atoms with Gasteiger partial charge in [0.2, 0.25) is 5.91 Å². The molecular formula is C18H29ClN2O2. The molecule has 2 N–H and O–H groups in total. The summed E-state index contributed by atoms with van der Waals surface area (Å²) in [4.78, 5) is 11.8. The number of carbonyl (C=O) groups excluding carboxylic acids is 1. The van der Waals surface area contributed by atoms with Gasteiger partial charge in [0, 0.05) is 6.54 Å². The first-order valence-corrected chi connectivity index (χ1v) is 8.33. The predicted molar refractivity (Wildman–Crippen MR) is 96.5 cm³/mol. The Morgan fingerprint density at radius 1 is 1.39 bits per heavy atom. The number of amides is 1. The average molecular weight is 341 g/mol. The molecule has 1 atom stereocenters. The zero-order valence-electron chi connectivity index (χ0n) is 14.2. The largest absolute Gasteiger partial charge is 0.493 e. The molecule has 0 bridgehead atoms. The fourth-order valence-electron chi connectivity index (χ4n) is 2.81. The van der Waals surface area contributed by atoms with Gasteiger partial charge < -0.3 is 15.4 Å². The molecule has 1 aromatic carbocycles. The SMILES string of the molecule is Cc1cccc(OCCC(=O)NCCC2CCCNC2)c1C.Cl. The van der Waals surface area contributed by atoms with Crippen molar-refractivity contribution in [2.75, 3.05) is 26.2 Å². The number of nitrogens with one attached hydrogen (secondary N) is 2. The number of benzene rings is 1. The molecule has 1 heterocycles. The summed E-state index contributed by atoms with van der Waals surface area (Å²) in [5.41, 5.74) is 2.36. The predicted octanol–water partition coefficient (Wildman–Crippen LogP) is 3.00. The lowest BCUT2D eigenvalue weighted by Gasteiger charge is -2.22. The molecule has 1 aliphatic rings. The van der Waals surface area contributed by atoms with Crippen molar-refractivity contribution in [3.8, 4) is 5.75 Å². The molecule has 1 aromatic rings. The quantitative estimate of drug-likeness (QED) is 0.802. The van der Waals surface area contributed by atoms with E-state index in [4.69, 9.17) is 4.74 Å². The van der Waals surface area contributed by atoms with Crippen LogP contribution in [0.4, 0.5) is 0 Å². The van der Waals surface area contributed by atoms with Crippen LogP contribution >= 0.6 is 12.4 Å². The van der Waals surface area contributed by atoms with Gasteiger partial charge in [-0.3, -0.25) is 4.79 Å². The summed E-state index contributed by atoms with van der Waals surface area (Å²) in [5.74, 6) is 1.66. The molecular weight excluding hydrogens is 312 g/mol. The van der Waals surface area contributed by atoms with E-state index < -0.39 is 0 Å². The van der Waals surface area contributed by atoms with Crippen molar-refractivity contribution in [2.45, 2.75) is 39.5 Å². The lowest BCUT2D eigenvalue weighted by atomic mass is 9.96. The van der Waals surface area contributed by atoms with Crippen molar-refractivity contribution < 1.29 is 9.53 Å². The van der Waals surface area contributed by atoms with E-state index >= 15 is 0 Å². The van der Waals surface area contributed by atoms with Crippen LogP contribution in [0.15, 0.2) is 18.2 Å². The summed E-state index contributed by atoms with van der Waals surface area (Å²) in [5, 5.41) is 6.40. The van der Waals surface area contributed by atoms with Gasteiger partial charge >= 0.3 is 0 Å². The molecule has 0 aromatic heterocycles. The van der Waals surface area contributed by atoms with E-state index in [-0.39, 0.29) is 18.3 Å². The lowest BCUT2D eigenvalue weighted by Crippen LogP contribution is -2.33. The Balaban J connectivity index is 0.00000264. The van der Waals surface area contributed by atoms with Gasteiger partial charge in [-0.05, 0) is 69.3 Å². The highest BCUT2D eigenvalue weighted by molar-refractivity contribution is 5.85. The Morgan fingerprint density at radius 3 is 2.96 bits per heavy atom. The van der Waals surface area contributed by atoms with Crippen molar-refractivity contribution >= 4 is 18.3 Å². The second-order valence-corrected chi connectivity index (χ2v) is 6.15. The summed E-state index contributed by atoms with van der Waals surface area (Å²) in [7, 11) is 0. The number of carbonyl (C=O) groups is 1. The number of hydrogen-bond acceptors (Lipinski definition) is 3. The molecule has 23 heavy (non-hydrogen) atoms. The molecule has 5 heteroatoms. The molecule has 2 rings (SSSR count). The van der Waals surface area contributed by atoms with Gasteiger partial charge in [-0.15, -0.1) is 12.4 Å². The molecule has 1 fully saturated rings.